The van der Waals surface area contributed by atoms with Gasteiger partial charge in [-0.1, -0.05) is 30.3 Å². The van der Waals surface area contributed by atoms with Crippen molar-refractivity contribution in [1.29, 1.82) is 5.26 Å². The number of nitriles is 1. The van der Waals surface area contributed by atoms with Gasteiger partial charge in [-0.25, -0.2) is 14.8 Å². The van der Waals surface area contributed by atoms with Crippen LogP contribution in [0.3, 0.4) is 0 Å². The number of piperidine rings is 1. The Morgan fingerprint density at radius 2 is 1.66 bits per heavy atom. The summed E-state index contributed by atoms with van der Waals surface area (Å²) in [5.74, 6) is 0. The summed E-state index contributed by atoms with van der Waals surface area (Å²) in [5, 5.41) is 10.2. The zero-order valence-electron chi connectivity index (χ0n) is 18.2. The number of imidazole rings is 1. The molecular weight excluding hydrogens is 400 g/mol. The van der Waals surface area contributed by atoms with E-state index in [1.807, 2.05) is 24.3 Å². The van der Waals surface area contributed by atoms with Crippen LogP contribution in [-0.2, 0) is 14.1 Å². The lowest BCUT2D eigenvalue weighted by molar-refractivity contribution is 0.577. The summed E-state index contributed by atoms with van der Waals surface area (Å²) >= 11 is 0. The normalized spacial score (nSPS) is 14.0. The number of aromatic nitrogens is 4. The lowest BCUT2D eigenvalue weighted by Gasteiger charge is -2.30. The Bertz CT molecular complexity index is 1400. The van der Waals surface area contributed by atoms with E-state index in [9.17, 15) is 10.1 Å². The summed E-state index contributed by atoms with van der Waals surface area (Å²) in [5.41, 5.74) is 5.82. The molecule has 0 bridgehead atoms. The predicted molar refractivity (Wildman–Crippen MR) is 125 cm³/mol. The molecule has 1 aliphatic rings. The summed E-state index contributed by atoms with van der Waals surface area (Å²) < 4.78 is 2.97. The first kappa shape index (κ1) is 20.0. The Kier molecular flexibility index (Phi) is 4.98. The minimum Gasteiger partial charge on any atom is -0.370 e. The first-order chi connectivity index (χ1) is 15.6. The van der Waals surface area contributed by atoms with Crippen molar-refractivity contribution >= 4 is 17.0 Å². The van der Waals surface area contributed by atoms with Crippen molar-refractivity contribution in [2.75, 3.05) is 18.0 Å². The molecule has 7 nitrogen and oxygen atoms in total. The molecule has 0 unspecified atom stereocenters. The topological polar surface area (TPSA) is 79.7 Å². The molecule has 0 amide bonds. The SMILES string of the molecule is Cn1c(=O)n(C)c2nc(-c3cc(-c4ccccc4)cc(N4CCCCC4)c3C#N)cnc21. The second kappa shape index (κ2) is 7.97. The number of aryl methyl sites for hydroxylation is 2. The van der Waals surface area contributed by atoms with Crippen LogP contribution in [-0.4, -0.2) is 32.2 Å². The van der Waals surface area contributed by atoms with Crippen molar-refractivity contribution in [3.05, 3.63) is 64.7 Å². The number of hydrogen-bond acceptors (Lipinski definition) is 5. The van der Waals surface area contributed by atoms with Crippen LogP contribution in [0.2, 0.25) is 0 Å². The highest BCUT2D eigenvalue weighted by atomic mass is 16.1. The molecule has 0 saturated carbocycles. The number of nitrogens with zero attached hydrogens (tertiary/aromatic N) is 6. The van der Waals surface area contributed by atoms with Crippen molar-refractivity contribution in [3.8, 4) is 28.5 Å². The van der Waals surface area contributed by atoms with Crippen LogP contribution in [0.25, 0.3) is 33.7 Å². The van der Waals surface area contributed by atoms with Crippen molar-refractivity contribution in [3.63, 3.8) is 0 Å². The quantitative estimate of drug-likeness (QED) is 0.499. The second-order valence-corrected chi connectivity index (χ2v) is 8.25. The fourth-order valence-corrected chi connectivity index (χ4v) is 4.50. The third-order valence-electron chi connectivity index (χ3n) is 6.25. The van der Waals surface area contributed by atoms with E-state index in [-0.39, 0.29) is 5.69 Å². The average Bonchev–Trinajstić information content (AvgIpc) is 3.07. The monoisotopic (exact) mass is 424 g/mol. The molecule has 4 aromatic rings. The van der Waals surface area contributed by atoms with E-state index in [4.69, 9.17) is 4.98 Å². The summed E-state index contributed by atoms with van der Waals surface area (Å²) in [6.45, 7) is 1.87. The number of benzene rings is 2. The number of rotatable bonds is 3. The summed E-state index contributed by atoms with van der Waals surface area (Å²) in [6, 6.07) is 16.7. The first-order valence-corrected chi connectivity index (χ1v) is 10.9. The molecular formula is C25H24N6O. The molecule has 1 fully saturated rings. The maximum Gasteiger partial charge on any atom is 0.330 e. The zero-order chi connectivity index (χ0) is 22.2. The van der Waals surface area contributed by atoms with E-state index in [0.717, 1.165) is 48.3 Å². The van der Waals surface area contributed by atoms with Gasteiger partial charge in [0.05, 0.1) is 23.1 Å². The molecule has 0 radical (unpaired) electrons. The van der Waals surface area contributed by atoms with Crippen molar-refractivity contribution in [1.82, 2.24) is 19.1 Å². The Hall–Kier alpha value is -3.92. The van der Waals surface area contributed by atoms with Gasteiger partial charge in [0.2, 0.25) is 0 Å². The lowest BCUT2D eigenvalue weighted by Crippen LogP contribution is -2.30. The minimum atomic E-state index is -0.176. The van der Waals surface area contributed by atoms with Gasteiger partial charge in [0, 0.05) is 32.7 Å². The maximum atomic E-state index is 12.3. The molecule has 0 spiro atoms. The predicted octanol–water partition coefficient (Wildman–Crippen LogP) is 3.86. The van der Waals surface area contributed by atoms with Crippen molar-refractivity contribution in [2.24, 2.45) is 14.1 Å². The van der Waals surface area contributed by atoms with Gasteiger partial charge in [-0.2, -0.15) is 5.26 Å². The van der Waals surface area contributed by atoms with Crippen LogP contribution in [0.4, 0.5) is 5.69 Å². The van der Waals surface area contributed by atoms with Crippen LogP contribution in [0, 0.1) is 11.3 Å². The van der Waals surface area contributed by atoms with Crippen molar-refractivity contribution < 1.29 is 0 Å². The number of hydrogen-bond donors (Lipinski definition) is 0. The molecule has 7 heteroatoms. The molecule has 3 heterocycles. The molecule has 160 valence electrons. The lowest BCUT2D eigenvalue weighted by atomic mass is 9.94. The number of anilines is 1. The van der Waals surface area contributed by atoms with Crippen LogP contribution in [0.1, 0.15) is 24.8 Å². The van der Waals surface area contributed by atoms with Gasteiger partial charge in [-0.05, 0) is 42.5 Å². The molecule has 1 saturated heterocycles. The molecule has 0 aliphatic carbocycles. The maximum absolute atomic E-state index is 12.3. The molecule has 0 N–H and O–H groups in total. The standard InChI is InChI=1S/C25H24N6O/c1-29-23-24(30(2)25(29)32)28-21(16-27-23)19-13-18(17-9-5-3-6-10-17)14-22(20(19)15-26)31-11-7-4-8-12-31/h3,5-6,9-10,13-14,16H,4,7-8,11-12H2,1-2H3. The van der Waals surface area contributed by atoms with E-state index in [1.54, 1.807) is 20.3 Å². The Morgan fingerprint density at radius 3 is 2.38 bits per heavy atom. The molecule has 2 aromatic carbocycles. The van der Waals surface area contributed by atoms with Gasteiger partial charge >= 0.3 is 5.69 Å². The smallest absolute Gasteiger partial charge is 0.330 e. The second-order valence-electron chi connectivity index (χ2n) is 8.25. The van der Waals surface area contributed by atoms with E-state index >= 15 is 0 Å². The fourth-order valence-electron chi connectivity index (χ4n) is 4.50. The van der Waals surface area contributed by atoms with Crippen LogP contribution < -0.4 is 10.6 Å². The molecule has 0 atom stereocenters. The van der Waals surface area contributed by atoms with Gasteiger partial charge in [-0.15, -0.1) is 0 Å². The third kappa shape index (κ3) is 3.25. The average molecular weight is 425 g/mol. The van der Waals surface area contributed by atoms with Gasteiger partial charge < -0.3 is 4.90 Å². The summed E-state index contributed by atoms with van der Waals surface area (Å²) in [6.07, 6.45) is 5.11. The van der Waals surface area contributed by atoms with E-state index in [0.29, 0.717) is 22.6 Å². The molecule has 1 aliphatic heterocycles. The highest BCUT2D eigenvalue weighted by Gasteiger charge is 2.21. The fraction of sp³-hybridized carbons (Fsp3) is 0.280. The van der Waals surface area contributed by atoms with Crippen molar-refractivity contribution in [2.45, 2.75) is 19.3 Å². The highest BCUT2D eigenvalue weighted by molar-refractivity contribution is 5.85. The Balaban J connectivity index is 1.77. The Labute approximate surface area is 186 Å². The molecule has 5 rings (SSSR count). The molecule has 2 aromatic heterocycles. The van der Waals surface area contributed by atoms with Gasteiger partial charge in [0.15, 0.2) is 11.3 Å². The highest BCUT2D eigenvalue weighted by Crippen LogP contribution is 2.37. The van der Waals surface area contributed by atoms with Gasteiger partial charge in [0.1, 0.15) is 6.07 Å². The summed E-state index contributed by atoms with van der Waals surface area (Å²) in [7, 11) is 3.37. The van der Waals surface area contributed by atoms with Gasteiger partial charge in [-0.3, -0.25) is 9.13 Å². The van der Waals surface area contributed by atoms with E-state index in [1.165, 1.54) is 15.6 Å². The van der Waals surface area contributed by atoms with Gasteiger partial charge in [0.25, 0.3) is 0 Å². The largest absolute Gasteiger partial charge is 0.370 e. The minimum absolute atomic E-state index is 0.176. The zero-order valence-corrected chi connectivity index (χ0v) is 18.2. The van der Waals surface area contributed by atoms with E-state index in [2.05, 4.69) is 34.2 Å². The molecule has 32 heavy (non-hydrogen) atoms. The van der Waals surface area contributed by atoms with Crippen LogP contribution in [0.5, 0.6) is 0 Å². The van der Waals surface area contributed by atoms with E-state index < -0.39 is 0 Å². The first-order valence-electron chi connectivity index (χ1n) is 10.9. The van der Waals surface area contributed by atoms with Crippen LogP contribution >= 0.6 is 0 Å². The number of fused-ring (bicyclic) bond motifs is 1. The Morgan fingerprint density at radius 1 is 0.938 bits per heavy atom. The third-order valence-corrected chi connectivity index (χ3v) is 6.25. The summed E-state index contributed by atoms with van der Waals surface area (Å²) in [4.78, 5) is 23.9. The van der Waals surface area contributed by atoms with Crippen LogP contribution in [0.15, 0.2) is 53.5 Å².